The molecule has 0 aromatic heterocycles. The van der Waals surface area contributed by atoms with Crippen molar-refractivity contribution in [2.45, 2.75) is 13.3 Å². The first-order valence-corrected chi connectivity index (χ1v) is 4.14. The van der Waals surface area contributed by atoms with Gasteiger partial charge in [-0.05, 0) is 24.1 Å². The van der Waals surface area contributed by atoms with Gasteiger partial charge < -0.3 is 14.6 Å². The van der Waals surface area contributed by atoms with Gasteiger partial charge in [-0.25, -0.2) is 0 Å². The van der Waals surface area contributed by atoms with Gasteiger partial charge in [-0.1, -0.05) is 19.1 Å². The van der Waals surface area contributed by atoms with E-state index < -0.39 is 12.6 Å². The van der Waals surface area contributed by atoms with Crippen LogP contribution in [0.25, 0.3) is 0 Å². The fourth-order valence-electron chi connectivity index (χ4n) is 0.964. The molecule has 0 N–H and O–H groups in total. The van der Waals surface area contributed by atoms with Crippen LogP contribution in [0.5, 0.6) is 5.75 Å². The van der Waals surface area contributed by atoms with Crippen LogP contribution < -0.4 is 61.2 Å². The van der Waals surface area contributed by atoms with Gasteiger partial charge in [0.05, 0.1) is 5.97 Å². The molecule has 70 valence electrons. The predicted molar refractivity (Wildman–Crippen MR) is 46.3 cm³/mol. The topological polar surface area (TPSA) is 49.4 Å². The van der Waals surface area contributed by atoms with E-state index in [4.69, 9.17) is 4.74 Å². The molecule has 0 fully saturated rings. The van der Waals surface area contributed by atoms with E-state index in [0.717, 1.165) is 6.42 Å². The first kappa shape index (κ1) is 14.1. The molecule has 0 aliphatic carbocycles. The van der Waals surface area contributed by atoms with Gasteiger partial charge in [-0.2, -0.15) is 0 Å². The van der Waals surface area contributed by atoms with Crippen LogP contribution in [-0.2, 0) is 11.2 Å². The molecule has 0 saturated heterocycles. The molecule has 0 aliphatic rings. The second-order valence-corrected chi connectivity index (χ2v) is 2.66. The van der Waals surface area contributed by atoms with Crippen LogP contribution in [0.3, 0.4) is 0 Å². The molecule has 1 aromatic rings. The van der Waals surface area contributed by atoms with Crippen LogP contribution in [0.1, 0.15) is 12.5 Å². The zero-order valence-corrected chi connectivity index (χ0v) is 11.6. The van der Waals surface area contributed by atoms with Crippen molar-refractivity contribution >= 4 is 5.97 Å². The van der Waals surface area contributed by atoms with Gasteiger partial charge in [0.15, 0.2) is 0 Å². The van der Waals surface area contributed by atoms with E-state index in [1.165, 1.54) is 5.56 Å². The molecule has 1 rings (SSSR count). The molecule has 0 spiro atoms. The largest absolute Gasteiger partial charge is 1.00 e. The van der Waals surface area contributed by atoms with E-state index in [9.17, 15) is 9.90 Å². The van der Waals surface area contributed by atoms with Gasteiger partial charge in [0.25, 0.3) is 0 Å². The average molecular weight is 218 g/mol. The summed E-state index contributed by atoms with van der Waals surface area (Å²) in [5, 5.41) is 10.1. The fourth-order valence-corrected chi connectivity index (χ4v) is 0.964. The van der Waals surface area contributed by atoms with Crippen LogP contribution >= 0.6 is 0 Å². The van der Waals surface area contributed by atoms with Crippen LogP contribution in [0.2, 0.25) is 0 Å². The Morgan fingerprint density at radius 1 is 1.36 bits per heavy atom. The summed E-state index contributed by atoms with van der Waals surface area (Å²) in [4.78, 5) is 10.1. The molecule has 0 heterocycles. The Morgan fingerprint density at radius 3 is 2.36 bits per heavy atom. The Labute approximate surface area is 126 Å². The van der Waals surface area contributed by atoms with E-state index in [0.29, 0.717) is 5.75 Å². The third-order valence-electron chi connectivity index (χ3n) is 1.69. The number of carbonyl (C=O) groups excluding carboxylic acids is 1. The molecule has 14 heavy (non-hydrogen) atoms. The molecular weight excluding hydrogens is 207 g/mol. The second kappa shape index (κ2) is 7.42. The summed E-state index contributed by atoms with van der Waals surface area (Å²) in [5.41, 5.74) is 1.20. The van der Waals surface area contributed by atoms with E-state index in [1.54, 1.807) is 12.1 Å². The minimum Gasteiger partial charge on any atom is -0.546 e. The molecule has 0 radical (unpaired) electrons. The number of carbonyl (C=O) groups is 1. The van der Waals surface area contributed by atoms with Gasteiger partial charge in [0, 0.05) is 0 Å². The normalized spacial score (nSPS) is 8.93. The SMILES string of the molecule is CCc1ccc(OCC(=O)[O-])cc1.[K+]. The van der Waals surface area contributed by atoms with Crippen molar-refractivity contribution in [2.75, 3.05) is 6.61 Å². The average Bonchev–Trinajstić information content (AvgIpc) is 2.15. The maximum Gasteiger partial charge on any atom is 1.00 e. The van der Waals surface area contributed by atoms with Gasteiger partial charge >= 0.3 is 51.4 Å². The van der Waals surface area contributed by atoms with Crippen molar-refractivity contribution in [3.05, 3.63) is 29.8 Å². The minimum absolute atomic E-state index is 0. The van der Waals surface area contributed by atoms with Crippen LogP contribution in [0.4, 0.5) is 0 Å². The van der Waals surface area contributed by atoms with Crippen LogP contribution in [0.15, 0.2) is 24.3 Å². The fraction of sp³-hybridized carbons (Fsp3) is 0.300. The van der Waals surface area contributed by atoms with Gasteiger partial charge in [-0.3, -0.25) is 0 Å². The molecular formula is C10H11KO3. The molecule has 0 aliphatic heterocycles. The molecule has 3 nitrogen and oxygen atoms in total. The summed E-state index contributed by atoms with van der Waals surface area (Å²) >= 11 is 0. The number of ether oxygens (including phenoxy) is 1. The summed E-state index contributed by atoms with van der Waals surface area (Å²) in [6.45, 7) is 1.66. The first-order valence-electron chi connectivity index (χ1n) is 4.14. The Hall–Kier alpha value is 0.126. The van der Waals surface area contributed by atoms with Crippen molar-refractivity contribution in [1.82, 2.24) is 0 Å². The molecule has 0 saturated carbocycles. The van der Waals surface area contributed by atoms with E-state index >= 15 is 0 Å². The first-order chi connectivity index (χ1) is 6.22. The number of hydrogen-bond acceptors (Lipinski definition) is 3. The molecule has 0 amide bonds. The molecule has 0 unspecified atom stereocenters. The number of carboxylic acids is 1. The predicted octanol–water partition coefficient (Wildman–Crippen LogP) is -2.62. The number of rotatable bonds is 4. The van der Waals surface area contributed by atoms with Crippen molar-refractivity contribution in [3.63, 3.8) is 0 Å². The van der Waals surface area contributed by atoms with E-state index in [-0.39, 0.29) is 51.4 Å². The Balaban J connectivity index is 0.00000169. The molecule has 1 aromatic carbocycles. The summed E-state index contributed by atoms with van der Waals surface area (Å²) < 4.78 is 4.90. The monoisotopic (exact) mass is 218 g/mol. The van der Waals surface area contributed by atoms with Crippen molar-refractivity contribution in [2.24, 2.45) is 0 Å². The van der Waals surface area contributed by atoms with Gasteiger partial charge in [0.2, 0.25) is 0 Å². The zero-order valence-electron chi connectivity index (χ0n) is 8.45. The third-order valence-corrected chi connectivity index (χ3v) is 1.69. The van der Waals surface area contributed by atoms with Crippen molar-refractivity contribution < 1.29 is 66.0 Å². The smallest absolute Gasteiger partial charge is 0.546 e. The number of hydrogen-bond donors (Lipinski definition) is 0. The van der Waals surface area contributed by atoms with Crippen LogP contribution in [0, 0.1) is 0 Å². The molecule has 4 heteroatoms. The number of aryl methyl sites for hydroxylation is 1. The van der Waals surface area contributed by atoms with E-state index in [2.05, 4.69) is 6.92 Å². The number of benzene rings is 1. The maximum atomic E-state index is 10.1. The Bertz CT molecular complexity index is 282. The summed E-state index contributed by atoms with van der Waals surface area (Å²) in [6.07, 6.45) is 0.959. The van der Waals surface area contributed by atoms with Gasteiger partial charge in [-0.15, -0.1) is 0 Å². The van der Waals surface area contributed by atoms with Gasteiger partial charge in [0.1, 0.15) is 12.4 Å². The molecule has 0 atom stereocenters. The zero-order chi connectivity index (χ0) is 9.68. The number of aliphatic carboxylic acids is 1. The summed E-state index contributed by atoms with van der Waals surface area (Å²) in [6, 6.07) is 7.32. The van der Waals surface area contributed by atoms with Crippen LogP contribution in [-0.4, -0.2) is 12.6 Å². The maximum absolute atomic E-state index is 10.1. The summed E-state index contributed by atoms with van der Waals surface area (Å²) in [7, 11) is 0. The third kappa shape index (κ3) is 5.12. The minimum atomic E-state index is -1.21. The van der Waals surface area contributed by atoms with Crippen molar-refractivity contribution in [1.29, 1.82) is 0 Å². The van der Waals surface area contributed by atoms with E-state index in [1.807, 2.05) is 12.1 Å². The number of carboxylic acid groups (broad SMARTS) is 1. The Kier molecular flexibility index (Phi) is 7.49. The standard InChI is InChI=1S/C10H12O3.K/c1-2-8-3-5-9(6-4-8)13-7-10(11)12;/h3-6H,2,7H2,1H3,(H,11,12);/q;+1/p-1. The molecule has 0 bridgehead atoms. The quantitative estimate of drug-likeness (QED) is 0.520. The Morgan fingerprint density at radius 2 is 1.93 bits per heavy atom. The second-order valence-electron chi connectivity index (χ2n) is 2.66. The summed E-state index contributed by atoms with van der Waals surface area (Å²) in [5.74, 6) is -0.652. The van der Waals surface area contributed by atoms with Crippen molar-refractivity contribution in [3.8, 4) is 5.75 Å².